The highest BCUT2D eigenvalue weighted by atomic mass is 16.1. The molecule has 0 saturated carbocycles. The van der Waals surface area contributed by atoms with E-state index in [1.165, 1.54) is 31.0 Å². The van der Waals surface area contributed by atoms with Gasteiger partial charge in [-0.3, -0.25) is 9.78 Å². The molecule has 0 bridgehead atoms. The van der Waals surface area contributed by atoms with E-state index in [9.17, 15) is 4.79 Å². The molecule has 1 aromatic heterocycles. The van der Waals surface area contributed by atoms with Crippen molar-refractivity contribution in [3.63, 3.8) is 0 Å². The number of H-pyrrole nitrogens is 1. The van der Waals surface area contributed by atoms with Crippen LogP contribution in [0.5, 0.6) is 0 Å². The Hall–Kier alpha value is -3.08. The van der Waals surface area contributed by atoms with Crippen molar-refractivity contribution in [1.82, 2.24) is 9.97 Å². The van der Waals surface area contributed by atoms with Gasteiger partial charge in [0, 0.05) is 36.1 Å². The van der Waals surface area contributed by atoms with Crippen LogP contribution in [0.15, 0.2) is 65.5 Å². The van der Waals surface area contributed by atoms with Crippen molar-refractivity contribution in [2.45, 2.75) is 19.3 Å². The molecule has 0 radical (unpaired) electrons. The Morgan fingerprint density at radius 2 is 1.65 bits per heavy atom. The van der Waals surface area contributed by atoms with Gasteiger partial charge in [-0.1, -0.05) is 30.3 Å². The van der Waals surface area contributed by atoms with E-state index in [-0.39, 0.29) is 5.56 Å². The number of aromatic nitrogens is 2. The first-order valence-corrected chi connectivity index (χ1v) is 9.07. The quantitative estimate of drug-likeness (QED) is 0.744. The highest BCUT2D eigenvalue weighted by Gasteiger charge is 2.10. The summed E-state index contributed by atoms with van der Waals surface area (Å²) >= 11 is 0. The summed E-state index contributed by atoms with van der Waals surface area (Å²) in [6, 6.07) is 19.5. The van der Waals surface area contributed by atoms with Crippen molar-refractivity contribution in [3.8, 4) is 11.3 Å². The third-order valence-electron chi connectivity index (χ3n) is 4.66. The van der Waals surface area contributed by atoms with Crippen molar-refractivity contribution in [1.29, 1.82) is 0 Å². The first kappa shape index (κ1) is 16.4. The molecule has 0 amide bonds. The summed E-state index contributed by atoms with van der Waals surface area (Å²) in [5, 5.41) is 3.20. The highest BCUT2D eigenvalue weighted by molar-refractivity contribution is 5.63. The van der Waals surface area contributed by atoms with Crippen LogP contribution in [0.2, 0.25) is 0 Å². The van der Waals surface area contributed by atoms with E-state index < -0.39 is 0 Å². The molecule has 5 nitrogen and oxygen atoms in total. The number of nitrogens with one attached hydrogen (secondary N) is 2. The zero-order valence-electron chi connectivity index (χ0n) is 14.6. The van der Waals surface area contributed by atoms with Gasteiger partial charge in [0.05, 0.1) is 5.69 Å². The number of piperidine rings is 1. The molecule has 5 heteroatoms. The van der Waals surface area contributed by atoms with Crippen LogP contribution in [0.1, 0.15) is 19.3 Å². The Kier molecular flexibility index (Phi) is 4.69. The van der Waals surface area contributed by atoms with E-state index in [1.807, 2.05) is 42.5 Å². The summed E-state index contributed by atoms with van der Waals surface area (Å²) in [5.41, 5.74) is 3.55. The lowest BCUT2D eigenvalue weighted by molar-refractivity contribution is 0.578. The minimum Gasteiger partial charge on any atom is -0.372 e. The van der Waals surface area contributed by atoms with Gasteiger partial charge in [0.1, 0.15) is 0 Å². The first-order valence-electron chi connectivity index (χ1n) is 9.07. The average molecular weight is 346 g/mol. The second kappa shape index (κ2) is 7.44. The van der Waals surface area contributed by atoms with E-state index in [4.69, 9.17) is 0 Å². The second-order valence-electron chi connectivity index (χ2n) is 6.56. The van der Waals surface area contributed by atoms with E-state index in [2.05, 4.69) is 32.3 Å². The minimum atomic E-state index is -0.175. The van der Waals surface area contributed by atoms with Crippen LogP contribution in [-0.4, -0.2) is 23.1 Å². The fraction of sp³-hybridized carbons (Fsp3) is 0.238. The molecule has 0 unspecified atom stereocenters. The molecule has 0 aliphatic carbocycles. The van der Waals surface area contributed by atoms with Crippen molar-refractivity contribution < 1.29 is 0 Å². The van der Waals surface area contributed by atoms with Gasteiger partial charge in [0.15, 0.2) is 0 Å². The lowest BCUT2D eigenvalue weighted by atomic mass is 10.1. The maximum atomic E-state index is 12.0. The lowest BCUT2D eigenvalue weighted by Crippen LogP contribution is -2.29. The Bertz CT molecular complexity index is 913. The molecule has 2 heterocycles. The summed E-state index contributed by atoms with van der Waals surface area (Å²) in [6.45, 7) is 2.25. The van der Waals surface area contributed by atoms with Gasteiger partial charge in [-0.25, -0.2) is 4.98 Å². The van der Waals surface area contributed by atoms with E-state index in [1.54, 1.807) is 0 Å². The zero-order valence-corrected chi connectivity index (χ0v) is 14.6. The number of hydrogen-bond acceptors (Lipinski definition) is 4. The van der Waals surface area contributed by atoms with Gasteiger partial charge in [-0.05, 0) is 43.5 Å². The fourth-order valence-corrected chi connectivity index (χ4v) is 3.32. The lowest BCUT2D eigenvalue weighted by Gasteiger charge is -2.28. The summed E-state index contributed by atoms with van der Waals surface area (Å²) < 4.78 is 0. The molecular weight excluding hydrogens is 324 g/mol. The molecule has 2 N–H and O–H groups in total. The molecule has 1 aliphatic rings. The monoisotopic (exact) mass is 346 g/mol. The maximum Gasteiger partial charge on any atom is 0.252 e. The molecular formula is C21H22N4O. The molecule has 0 atom stereocenters. The molecule has 1 fully saturated rings. The van der Waals surface area contributed by atoms with Gasteiger partial charge >= 0.3 is 0 Å². The summed E-state index contributed by atoms with van der Waals surface area (Å²) in [6.07, 6.45) is 3.85. The zero-order chi connectivity index (χ0) is 17.8. The number of benzene rings is 2. The Morgan fingerprint density at radius 1 is 0.923 bits per heavy atom. The Balaban J connectivity index is 1.53. The van der Waals surface area contributed by atoms with Crippen LogP contribution < -0.4 is 15.8 Å². The molecule has 2 aromatic carbocycles. The molecule has 4 rings (SSSR count). The van der Waals surface area contributed by atoms with Gasteiger partial charge in [0.2, 0.25) is 5.95 Å². The van der Waals surface area contributed by atoms with Crippen LogP contribution >= 0.6 is 0 Å². The summed E-state index contributed by atoms with van der Waals surface area (Å²) in [5.74, 6) is 0.446. The van der Waals surface area contributed by atoms with Crippen molar-refractivity contribution in [3.05, 3.63) is 71.0 Å². The standard InChI is InChI=1S/C21H22N4O/c26-20-15-19(16-7-3-1-4-8-16)23-21(24-20)22-17-9-11-18(12-10-17)25-13-5-2-6-14-25/h1,3-4,7-12,15H,2,5-6,13-14H2,(H2,22,23,24,26). The topological polar surface area (TPSA) is 61.0 Å². The van der Waals surface area contributed by atoms with Crippen LogP contribution in [0.4, 0.5) is 17.3 Å². The highest BCUT2D eigenvalue weighted by Crippen LogP contribution is 2.23. The third kappa shape index (κ3) is 3.77. The number of rotatable bonds is 4. The number of hydrogen-bond donors (Lipinski definition) is 2. The second-order valence-corrected chi connectivity index (χ2v) is 6.56. The normalized spacial score (nSPS) is 14.2. The molecule has 1 saturated heterocycles. The predicted octanol–water partition coefficient (Wildman–Crippen LogP) is 4.17. The predicted molar refractivity (Wildman–Crippen MR) is 106 cm³/mol. The molecule has 132 valence electrons. The Labute approximate surface area is 152 Å². The maximum absolute atomic E-state index is 12.0. The van der Waals surface area contributed by atoms with Crippen LogP contribution in [0, 0.1) is 0 Å². The fourth-order valence-electron chi connectivity index (χ4n) is 3.32. The van der Waals surface area contributed by atoms with Gasteiger partial charge in [-0.2, -0.15) is 0 Å². The molecule has 1 aliphatic heterocycles. The van der Waals surface area contributed by atoms with Crippen molar-refractivity contribution in [2.75, 3.05) is 23.3 Å². The number of nitrogens with zero attached hydrogens (tertiary/aromatic N) is 2. The number of aromatic amines is 1. The summed E-state index contributed by atoms with van der Waals surface area (Å²) in [4.78, 5) is 21.7. The Morgan fingerprint density at radius 3 is 2.38 bits per heavy atom. The van der Waals surface area contributed by atoms with Crippen molar-refractivity contribution in [2.24, 2.45) is 0 Å². The van der Waals surface area contributed by atoms with Crippen molar-refractivity contribution >= 4 is 17.3 Å². The van der Waals surface area contributed by atoms with Gasteiger partial charge < -0.3 is 10.2 Å². The largest absolute Gasteiger partial charge is 0.372 e. The van der Waals surface area contributed by atoms with Crippen LogP contribution in [-0.2, 0) is 0 Å². The minimum absolute atomic E-state index is 0.175. The van der Waals surface area contributed by atoms with Gasteiger partial charge in [0.25, 0.3) is 5.56 Å². The summed E-state index contributed by atoms with van der Waals surface area (Å²) in [7, 11) is 0. The SMILES string of the molecule is O=c1cc(-c2ccccc2)nc(Nc2ccc(N3CCCCC3)cc2)[nH]1. The first-order chi connectivity index (χ1) is 12.8. The van der Waals surface area contributed by atoms with Gasteiger partial charge in [-0.15, -0.1) is 0 Å². The molecule has 0 spiro atoms. The molecule has 3 aromatic rings. The van der Waals surface area contributed by atoms with E-state index >= 15 is 0 Å². The van der Waals surface area contributed by atoms with Crippen LogP contribution in [0.3, 0.4) is 0 Å². The van der Waals surface area contributed by atoms with Crippen LogP contribution in [0.25, 0.3) is 11.3 Å². The molecule has 26 heavy (non-hydrogen) atoms. The number of anilines is 3. The average Bonchev–Trinajstić information content (AvgIpc) is 2.69. The van der Waals surface area contributed by atoms with E-state index in [0.717, 1.165) is 24.3 Å². The van der Waals surface area contributed by atoms with E-state index in [0.29, 0.717) is 11.6 Å². The third-order valence-corrected chi connectivity index (χ3v) is 4.66. The smallest absolute Gasteiger partial charge is 0.252 e.